The van der Waals surface area contributed by atoms with Crippen molar-refractivity contribution in [2.75, 3.05) is 26.4 Å². The van der Waals surface area contributed by atoms with E-state index in [0.717, 1.165) is 0 Å². The molecule has 20 nitrogen and oxygen atoms in total. The first-order chi connectivity index (χ1) is 20.3. The Hall–Kier alpha value is -0.800. The quantitative estimate of drug-likeness (QED) is 0.112. The van der Waals surface area contributed by atoms with Gasteiger partial charge in [0.15, 0.2) is 25.2 Å². The smallest absolute Gasteiger partial charge is 0.189 e. The van der Waals surface area contributed by atoms with Gasteiger partial charge in [-0.15, -0.1) is 0 Å². The maximum absolute atomic E-state index is 10.9. The van der Waals surface area contributed by atoms with Crippen LogP contribution in [0.2, 0.25) is 0 Å². The Morgan fingerprint density at radius 1 is 0.419 bits per heavy atom. The van der Waals surface area contributed by atoms with E-state index in [1.54, 1.807) is 0 Å². The predicted molar refractivity (Wildman–Crippen MR) is 128 cm³/mol. The normalized spacial score (nSPS) is 53.1. The average Bonchev–Trinajstić information content (AvgIpc) is 2.99. The van der Waals surface area contributed by atoms with Crippen LogP contribution in [0.3, 0.4) is 0 Å². The van der Waals surface area contributed by atoms with Crippen LogP contribution in [-0.4, -0.2) is 210 Å². The molecule has 4 heterocycles. The van der Waals surface area contributed by atoms with Gasteiger partial charge in [0.25, 0.3) is 0 Å². The van der Waals surface area contributed by atoms with Gasteiger partial charge in [-0.05, 0) is 0 Å². The molecule has 4 aliphatic rings. The van der Waals surface area contributed by atoms with Crippen molar-refractivity contribution in [2.24, 2.45) is 0 Å². The number of rotatable bonds is 9. The molecular weight excluding hydrogens is 596 g/mol. The monoisotopic (exact) mass is 636 g/mol. The first-order valence-electron chi connectivity index (χ1n) is 13.5. The van der Waals surface area contributed by atoms with Crippen molar-refractivity contribution < 1.29 is 99.5 Å². The minimum Gasteiger partial charge on any atom is -0.394 e. The Morgan fingerprint density at radius 3 is 1.33 bits per heavy atom. The summed E-state index contributed by atoms with van der Waals surface area (Å²) < 4.78 is 37.6. The van der Waals surface area contributed by atoms with Gasteiger partial charge in [-0.3, -0.25) is 0 Å². The molecule has 0 spiro atoms. The Bertz CT molecular complexity index is 865. The lowest BCUT2D eigenvalue weighted by Crippen LogP contribution is -2.66. The first-order valence-corrected chi connectivity index (χ1v) is 13.5. The van der Waals surface area contributed by atoms with Crippen LogP contribution in [0.5, 0.6) is 0 Å². The van der Waals surface area contributed by atoms with Gasteiger partial charge in [0, 0.05) is 0 Å². The van der Waals surface area contributed by atoms with Crippen LogP contribution in [0.4, 0.5) is 0 Å². The fourth-order valence-electron chi connectivity index (χ4n) is 5.19. The van der Waals surface area contributed by atoms with E-state index in [-0.39, 0.29) is 0 Å². The molecule has 4 aliphatic heterocycles. The summed E-state index contributed by atoms with van der Waals surface area (Å²) in [6.07, 6.45) is -32.5. The molecule has 0 aliphatic carbocycles. The standard InChI is InChI=1S/C23H40O20/c24-1-6-9(28)11(30)14(33)21(38-6)41-18-5(27)4-37-20(17(18)36)42-19-8(3-26)40-23(16(35)13(19)32)43-22-15(34)12(31)10(29)7(2-25)39-22/h5-36H,1-4H2/t5-,6-,7-,8-,9+,10-,11+,12+,13-,14-,15-,16-,17+,18-,19-,20-,21+,22-,23-/m1/s1. The van der Waals surface area contributed by atoms with Gasteiger partial charge in [-0.2, -0.15) is 0 Å². The van der Waals surface area contributed by atoms with Gasteiger partial charge >= 0.3 is 0 Å². The van der Waals surface area contributed by atoms with E-state index in [9.17, 15) is 66.4 Å². The van der Waals surface area contributed by atoms with Crippen LogP contribution < -0.4 is 0 Å². The van der Waals surface area contributed by atoms with Crippen LogP contribution in [0, 0.1) is 0 Å². The molecule has 0 aromatic heterocycles. The summed E-state index contributed by atoms with van der Waals surface area (Å²) in [5.41, 5.74) is 0. The third-order valence-electron chi connectivity index (χ3n) is 7.79. The minimum atomic E-state index is -1.97. The summed E-state index contributed by atoms with van der Waals surface area (Å²) in [5.74, 6) is 0. The Kier molecular flexibility index (Phi) is 12.0. The average molecular weight is 637 g/mol. The highest BCUT2D eigenvalue weighted by Gasteiger charge is 2.53. The van der Waals surface area contributed by atoms with Crippen molar-refractivity contribution in [3.05, 3.63) is 0 Å². The summed E-state index contributed by atoms with van der Waals surface area (Å²) in [6, 6.07) is 0. The summed E-state index contributed by atoms with van der Waals surface area (Å²) in [4.78, 5) is 0. The van der Waals surface area contributed by atoms with Crippen LogP contribution >= 0.6 is 0 Å². The van der Waals surface area contributed by atoms with Crippen molar-refractivity contribution in [3.8, 4) is 0 Å². The molecule has 19 atom stereocenters. The van der Waals surface area contributed by atoms with E-state index in [2.05, 4.69) is 0 Å². The van der Waals surface area contributed by atoms with Gasteiger partial charge in [0.2, 0.25) is 0 Å². The van der Waals surface area contributed by atoms with E-state index in [1.165, 1.54) is 0 Å². The summed E-state index contributed by atoms with van der Waals surface area (Å²) in [6.45, 7) is -2.93. The first kappa shape index (κ1) is 35.1. The third kappa shape index (κ3) is 7.13. The van der Waals surface area contributed by atoms with Crippen molar-refractivity contribution in [3.63, 3.8) is 0 Å². The maximum atomic E-state index is 10.9. The molecule has 43 heavy (non-hydrogen) atoms. The Labute approximate surface area is 243 Å². The van der Waals surface area contributed by atoms with Gasteiger partial charge in [-0.1, -0.05) is 0 Å². The highest BCUT2D eigenvalue weighted by molar-refractivity contribution is 4.95. The van der Waals surface area contributed by atoms with Crippen LogP contribution in [-0.2, 0) is 33.2 Å². The summed E-state index contributed by atoms with van der Waals surface area (Å²) >= 11 is 0. The molecule has 252 valence electrons. The molecule has 13 N–H and O–H groups in total. The zero-order valence-electron chi connectivity index (χ0n) is 22.5. The molecule has 0 radical (unpaired) electrons. The zero-order valence-corrected chi connectivity index (χ0v) is 22.5. The molecular formula is C23H40O20. The SMILES string of the molecule is OC[C@H]1O[C@@H](O[C@H]2[C@H](O)[C@@H](O[C@H]3[C@H](O)[C@@H](O)[C@@H](O[C@H]4O[C@H](CO)[C@@H](O)[C@H](O)[C@H]4O)O[C@@H]3CO)OC[C@H]2O)[C@H](O)[C@@H](O)[C@H]1O. The van der Waals surface area contributed by atoms with Crippen LogP contribution in [0.15, 0.2) is 0 Å². The van der Waals surface area contributed by atoms with Gasteiger partial charge in [-0.25, -0.2) is 0 Å². The molecule has 4 fully saturated rings. The summed E-state index contributed by atoms with van der Waals surface area (Å²) in [5, 5.41) is 132. The lowest BCUT2D eigenvalue weighted by Gasteiger charge is -2.47. The second-order valence-electron chi connectivity index (χ2n) is 10.7. The Balaban J connectivity index is 1.41. The largest absolute Gasteiger partial charge is 0.394 e. The van der Waals surface area contributed by atoms with Gasteiger partial charge in [0.1, 0.15) is 91.6 Å². The molecule has 0 amide bonds. The van der Waals surface area contributed by atoms with E-state index in [4.69, 9.17) is 33.2 Å². The number of hydrogen-bond acceptors (Lipinski definition) is 20. The molecule has 4 rings (SSSR count). The van der Waals surface area contributed by atoms with Crippen LogP contribution in [0.25, 0.3) is 0 Å². The lowest BCUT2D eigenvalue weighted by atomic mass is 9.97. The molecule has 0 bridgehead atoms. The number of aliphatic hydroxyl groups excluding tert-OH is 13. The molecule has 0 aromatic rings. The van der Waals surface area contributed by atoms with Crippen molar-refractivity contribution in [1.29, 1.82) is 0 Å². The highest BCUT2D eigenvalue weighted by atomic mass is 16.8. The maximum Gasteiger partial charge on any atom is 0.189 e. The minimum absolute atomic E-state index is 0.539. The van der Waals surface area contributed by atoms with E-state index in [1.807, 2.05) is 0 Å². The van der Waals surface area contributed by atoms with Crippen molar-refractivity contribution >= 4 is 0 Å². The fourth-order valence-corrected chi connectivity index (χ4v) is 5.19. The molecule has 4 saturated heterocycles. The van der Waals surface area contributed by atoms with E-state index >= 15 is 0 Å². The summed E-state index contributed by atoms with van der Waals surface area (Å²) in [7, 11) is 0. The number of hydrogen-bond donors (Lipinski definition) is 13. The molecule has 0 saturated carbocycles. The zero-order chi connectivity index (χ0) is 31.7. The van der Waals surface area contributed by atoms with Gasteiger partial charge in [0.05, 0.1) is 26.4 Å². The second kappa shape index (κ2) is 14.7. The third-order valence-corrected chi connectivity index (χ3v) is 7.79. The second-order valence-corrected chi connectivity index (χ2v) is 10.7. The lowest BCUT2D eigenvalue weighted by molar-refractivity contribution is -0.392. The van der Waals surface area contributed by atoms with Crippen LogP contribution in [0.1, 0.15) is 0 Å². The fraction of sp³-hybridized carbons (Fsp3) is 1.00. The van der Waals surface area contributed by atoms with Crippen molar-refractivity contribution in [2.45, 2.75) is 117 Å². The molecule has 0 unspecified atom stereocenters. The Morgan fingerprint density at radius 2 is 0.837 bits per heavy atom. The molecule has 0 aromatic carbocycles. The van der Waals surface area contributed by atoms with E-state index < -0.39 is 143 Å². The van der Waals surface area contributed by atoms with Crippen molar-refractivity contribution in [1.82, 2.24) is 0 Å². The van der Waals surface area contributed by atoms with Gasteiger partial charge < -0.3 is 99.5 Å². The van der Waals surface area contributed by atoms with E-state index in [0.29, 0.717) is 0 Å². The number of aliphatic hydroxyl groups is 13. The highest BCUT2D eigenvalue weighted by Crippen LogP contribution is 2.32. The number of ether oxygens (including phenoxy) is 7. The predicted octanol–water partition coefficient (Wildman–Crippen LogP) is -9.11. The topological polar surface area (TPSA) is 328 Å². The molecule has 20 heteroatoms.